The zero-order chi connectivity index (χ0) is 12.4. The lowest BCUT2D eigenvalue weighted by Gasteiger charge is -2.14. The third-order valence-electron chi connectivity index (χ3n) is 2.92. The second-order valence-electron chi connectivity index (χ2n) is 4.62. The van der Waals surface area contributed by atoms with Gasteiger partial charge in [-0.1, -0.05) is 32.0 Å². The van der Waals surface area contributed by atoms with Crippen LogP contribution in [0.15, 0.2) is 42.5 Å². The third kappa shape index (κ3) is 2.41. The minimum absolute atomic E-state index is 0.450. The van der Waals surface area contributed by atoms with Crippen LogP contribution in [0.1, 0.15) is 25.3 Å². The van der Waals surface area contributed by atoms with Crippen molar-refractivity contribution in [3.05, 3.63) is 48.0 Å². The van der Waals surface area contributed by atoms with Crippen molar-refractivity contribution in [2.24, 2.45) is 0 Å². The molecule has 17 heavy (non-hydrogen) atoms. The van der Waals surface area contributed by atoms with Gasteiger partial charge in [0.1, 0.15) is 0 Å². The minimum atomic E-state index is 0.450. The Balaban J connectivity index is 2.54. The lowest BCUT2D eigenvalue weighted by molar-refractivity contribution is 0.869. The zero-order valence-corrected chi connectivity index (χ0v) is 10.3. The molecule has 0 saturated heterocycles. The molecule has 0 aromatic heterocycles. The van der Waals surface area contributed by atoms with Gasteiger partial charge >= 0.3 is 0 Å². The van der Waals surface area contributed by atoms with E-state index in [9.17, 15) is 0 Å². The van der Waals surface area contributed by atoms with Gasteiger partial charge in [-0.2, -0.15) is 0 Å². The number of hydrogen-bond acceptors (Lipinski definition) is 2. The molecule has 4 N–H and O–H groups in total. The van der Waals surface area contributed by atoms with E-state index in [-0.39, 0.29) is 0 Å². The van der Waals surface area contributed by atoms with Crippen LogP contribution < -0.4 is 11.5 Å². The average molecular weight is 226 g/mol. The summed E-state index contributed by atoms with van der Waals surface area (Å²) in [6.45, 7) is 4.35. The molecule has 0 atom stereocenters. The smallest absolute Gasteiger partial charge is 0.0317 e. The molecule has 88 valence electrons. The molecule has 0 aliphatic rings. The van der Waals surface area contributed by atoms with Gasteiger partial charge in [-0.15, -0.1) is 0 Å². The van der Waals surface area contributed by atoms with E-state index >= 15 is 0 Å². The van der Waals surface area contributed by atoms with Crippen LogP contribution in [0.4, 0.5) is 11.4 Å². The molecular formula is C15H18N2. The first kappa shape index (κ1) is 11.5. The van der Waals surface area contributed by atoms with Crippen LogP contribution in [0.5, 0.6) is 0 Å². The standard InChI is InChI=1S/C15H18N2/c1-10(2)15-9-13(17)7-8-14(15)11-3-5-12(16)6-4-11/h3-10H,16-17H2,1-2H3. The molecule has 2 rings (SSSR count). The van der Waals surface area contributed by atoms with Gasteiger partial charge < -0.3 is 11.5 Å². The quantitative estimate of drug-likeness (QED) is 0.768. The molecule has 0 radical (unpaired) electrons. The van der Waals surface area contributed by atoms with Crippen molar-refractivity contribution in [3.8, 4) is 11.1 Å². The van der Waals surface area contributed by atoms with Gasteiger partial charge in [0.25, 0.3) is 0 Å². The van der Waals surface area contributed by atoms with Crippen molar-refractivity contribution in [2.45, 2.75) is 19.8 Å². The van der Waals surface area contributed by atoms with Crippen LogP contribution in [0.2, 0.25) is 0 Å². The molecule has 0 unspecified atom stereocenters. The highest BCUT2D eigenvalue weighted by Crippen LogP contribution is 2.31. The highest BCUT2D eigenvalue weighted by Gasteiger charge is 2.08. The molecule has 0 aliphatic carbocycles. The number of hydrogen-bond donors (Lipinski definition) is 2. The number of rotatable bonds is 2. The minimum Gasteiger partial charge on any atom is -0.399 e. The van der Waals surface area contributed by atoms with Gasteiger partial charge in [0.2, 0.25) is 0 Å². The van der Waals surface area contributed by atoms with Crippen LogP contribution in [-0.2, 0) is 0 Å². The van der Waals surface area contributed by atoms with Crippen molar-refractivity contribution in [1.29, 1.82) is 0 Å². The monoisotopic (exact) mass is 226 g/mol. The summed E-state index contributed by atoms with van der Waals surface area (Å²) in [6.07, 6.45) is 0. The van der Waals surface area contributed by atoms with Crippen LogP contribution in [0, 0.1) is 0 Å². The predicted molar refractivity (Wildman–Crippen MR) is 74.8 cm³/mol. The second kappa shape index (κ2) is 4.50. The Kier molecular flexibility index (Phi) is 3.05. The fraction of sp³-hybridized carbons (Fsp3) is 0.200. The molecule has 2 nitrogen and oxygen atoms in total. The first-order chi connectivity index (χ1) is 8.08. The Labute approximate surface area is 102 Å². The van der Waals surface area contributed by atoms with E-state index in [1.54, 1.807) is 0 Å². The summed E-state index contributed by atoms with van der Waals surface area (Å²) in [6, 6.07) is 14.0. The lowest BCUT2D eigenvalue weighted by Crippen LogP contribution is -1.95. The molecule has 2 aromatic carbocycles. The van der Waals surface area contributed by atoms with Crippen LogP contribution >= 0.6 is 0 Å². The maximum absolute atomic E-state index is 5.85. The largest absolute Gasteiger partial charge is 0.399 e. The van der Waals surface area contributed by atoms with Gasteiger partial charge in [0, 0.05) is 11.4 Å². The van der Waals surface area contributed by atoms with Crippen molar-refractivity contribution in [1.82, 2.24) is 0 Å². The Bertz CT molecular complexity index is 513. The summed E-state index contributed by atoms with van der Waals surface area (Å²) in [5.74, 6) is 0.450. The highest BCUT2D eigenvalue weighted by molar-refractivity contribution is 5.71. The number of benzene rings is 2. The van der Waals surface area contributed by atoms with Crippen molar-refractivity contribution in [3.63, 3.8) is 0 Å². The third-order valence-corrected chi connectivity index (χ3v) is 2.92. The molecule has 2 heteroatoms. The molecule has 0 heterocycles. The zero-order valence-electron chi connectivity index (χ0n) is 10.3. The lowest BCUT2D eigenvalue weighted by atomic mass is 9.92. The molecule has 0 fully saturated rings. The van der Waals surface area contributed by atoms with Crippen LogP contribution in [0.25, 0.3) is 11.1 Å². The first-order valence-electron chi connectivity index (χ1n) is 5.83. The van der Waals surface area contributed by atoms with E-state index < -0.39 is 0 Å². The Morgan fingerprint density at radius 1 is 0.824 bits per heavy atom. The molecular weight excluding hydrogens is 208 g/mol. The van der Waals surface area contributed by atoms with Crippen LogP contribution in [-0.4, -0.2) is 0 Å². The SMILES string of the molecule is CC(C)c1cc(N)ccc1-c1ccc(N)cc1. The molecule has 0 amide bonds. The summed E-state index contributed by atoms with van der Waals surface area (Å²) in [5, 5.41) is 0. The topological polar surface area (TPSA) is 52.0 Å². The average Bonchev–Trinajstić information content (AvgIpc) is 2.30. The van der Waals surface area contributed by atoms with Crippen molar-refractivity contribution >= 4 is 11.4 Å². The van der Waals surface area contributed by atoms with E-state index in [1.165, 1.54) is 16.7 Å². The predicted octanol–water partition coefficient (Wildman–Crippen LogP) is 3.64. The summed E-state index contributed by atoms with van der Waals surface area (Å²) in [5.41, 5.74) is 16.8. The number of anilines is 2. The maximum Gasteiger partial charge on any atom is 0.0317 e. The molecule has 0 aliphatic heterocycles. The van der Waals surface area contributed by atoms with Gasteiger partial charge in [-0.05, 0) is 46.9 Å². The Morgan fingerprint density at radius 3 is 2.00 bits per heavy atom. The Morgan fingerprint density at radius 2 is 1.41 bits per heavy atom. The molecule has 2 aromatic rings. The summed E-state index contributed by atoms with van der Waals surface area (Å²) >= 11 is 0. The summed E-state index contributed by atoms with van der Waals surface area (Å²) < 4.78 is 0. The van der Waals surface area contributed by atoms with Gasteiger partial charge in [0.05, 0.1) is 0 Å². The van der Waals surface area contributed by atoms with E-state index in [1.807, 2.05) is 30.3 Å². The normalized spacial score (nSPS) is 10.8. The van der Waals surface area contributed by atoms with Gasteiger partial charge in [-0.25, -0.2) is 0 Å². The van der Waals surface area contributed by atoms with E-state index in [2.05, 4.69) is 26.0 Å². The first-order valence-corrected chi connectivity index (χ1v) is 5.83. The molecule has 0 bridgehead atoms. The summed E-state index contributed by atoms with van der Waals surface area (Å²) in [4.78, 5) is 0. The highest BCUT2D eigenvalue weighted by atomic mass is 14.5. The van der Waals surface area contributed by atoms with E-state index in [0.29, 0.717) is 5.92 Å². The van der Waals surface area contributed by atoms with Crippen molar-refractivity contribution < 1.29 is 0 Å². The van der Waals surface area contributed by atoms with Gasteiger partial charge in [-0.3, -0.25) is 0 Å². The number of nitrogen functional groups attached to an aromatic ring is 2. The van der Waals surface area contributed by atoms with Gasteiger partial charge in [0.15, 0.2) is 0 Å². The fourth-order valence-corrected chi connectivity index (χ4v) is 1.98. The van der Waals surface area contributed by atoms with E-state index in [4.69, 9.17) is 11.5 Å². The van der Waals surface area contributed by atoms with Crippen molar-refractivity contribution in [2.75, 3.05) is 11.5 Å². The molecule has 0 saturated carbocycles. The second-order valence-corrected chi connectivity index (χ2v) is 4.62. The van der Waals surface area contributed by atoms with E-state index in [0.717, 1.165) is 11.4 Å². The fourth-order valence-electron chi connectivity index (χ4n) is 1.98. The Hall–Kier alpha value is -1.96. The molecule has 0 spiro atoms. The van der Waals surface area contributed by atoms with Crippen LogP contribution in [0.3, 0.4) is 0 Å². The maximum atomic E-state index is 5.85. The number of nitrogens with two attached hydrogens (primary N) is 2. The summed E-state index contributed by atoms with van der Waals surface area (Å²) in [7, 11) is 0.